The molecular formula is C78H83Cl2FN6O10Si. The predicted molar refractivity (Wildman–Crippen MR) is 387 cm³/mol. The minimum absolute atomic E-state index is 0.0486. The average Bonchev–Trinajstić information content (AvgIpc) is 1.57. The fourth-order valence-corrected chi connectivity index (χ4v) is 13.3. The predicted octanol–water partition coefficient (Wildman–Crippen LogP) is 17.0. The highest BCUT2D eigenvalue weighted by molar-refractivity contribution is 6.74. The van der Waals surface area contributed by atoms with Crippen LogP contribution in [0.3, 0.4) is 0 Å². The normalized spacial score (nSPS) is 13.6. The molecule has 3 aromatic heterocycles. The van der Waals surface area contributed by atoms with Gasteiger partial charge in [0.05, 0.1) is 57.4 Å². The molecule has 11 rings (SSSR count). The maximum absolute atomic E-state index is 14.9. The summed E-state index contributed by atoms with van der Waals surface area (Å²) in [6.45, 7) is 19.3. The van der Waals surface area contributed by atoms with Gasteiger partial charge in [0, 0.05) is 74.4 Å². The summed E-state index contributed by atoms with van der Waals surface area (Å²) in [5.74, 6) is 3.15. The molecule has 1 aliphatic heterocycles. The number of methoxy groups -OCH3 is 3. The molecule has 1 unspecified atom stereocenters. The second-order valence-electron chi connectivity index (χ2n) is 25.8. The molecule has 1 saturated heterocycles. The van der Waals surface area contributed by atoms with E-state index in [2.05, 4.69) is 98.2 Å². The lowest BCUT2D eigenvalue weighted by atomic mass is 9.94. The van der Waals surface area contributed by atoms with E-state index in [9.17, 15) is 9.18 Å². The van der Waals surface area contributed by atoms with Gasteiger partial charge in [0.2, 0.25) is 20.3 Å². The summed E-state index contributed by atoms with van der Waals surface area (Å²) < 4.78 is 73.3. The number of rotatable bonds is 27. The lowest BCUT2D eigenvalue weighted by Gasteiger charge is -2.36. The molecule has 0 spiro atoms. The molecule has 1 aliphatic rings. The molecule has 20 heteroatoms. The molecule has 4 heterocycles. The molecule has 2 atom stereocenters. The first-order valence-corrected chi connectivity index (χ1v) is 36.4. The van der Waals surface area contributed by atoms with Gasteiger partial charge in [-0.25, -0.2) is 24.1 Å². The molecule has 0 radical (unpaired) electrons. The number of para-hydroxylation sites is 1. The highest BCUT2D eigenvalue weighted by Crippen LogP contribution is 2.49. The van der Waals surface area contributed by atoms with Crippen LogP contribution in [0.1, 0.15) is 50.1 Å². The Bertz CT molecular complexity index is 4410. The van der Waals surface area contributed by atoms with Crippen LogP contribution in [-0.2, 0) is 33.9 Å². The van der Waals surface area contributed by atoms with E-state index in [1.807, 2.05) is 85.8 Å². The maximum atomic E-state index is 14.9. The van der Waals surface area contributed by atoms with Crippen LogP contribution in [0.15, 0.2) is 170 Å². The van der Waals surface area contributed by atoms with Crippen molar-refractivity contribution in [3.05, 3.63) is 209 Å². The van der Waals surface area contributed by atoms with Crippen LogP contribution >= 0.6 is 23.2 Å². The fourth-order valence-electron chi connectivity index (χ4n) is 11.7. The molecule has 10 aromatic rings. The summed E-state index contributed by atoms with van der Waals surface area (Å²) in [6.07, 6.45) is 3.13. The standard InChI is InChI=1S/C78H83Cl2FN6O10Si/c1-12-93-77(88)69(45-56-43-61(97-98(10,11)78(3,4)5)31-33-66(56)94-48-58-35-36-82-75(84-58)64-15-13-14-16-67(64)91-9)96-76-73-71(70(53-19-25-57(81)26-20-53)74(80)87(73)38-37-83-76)63-32-34-68(72(79)50(63)2)95-62(46-86-41-39-85(6)40-42-86)49-92-47-55-18-17-54(51-21-27-59(89-7)28-22-51)44-65(55)52-23-29-60(90-8)30-24-52/h13-38,43-44,62,69H,12,39-42,45-49H2,1-11H3/t62-,69?/m1/s1. The van der Waals surface area contributed by atoms with Crippen LogP contribution in [0.4, 0.5) is 4.39 Å². The summed E-state index contributed by atoms with van der Waals surface area (Å²) in [6, 6.07) is 47.3. The van der Waals surface area contributed by atoms with Gasteiger partial charge >= 0.3 is 5.97 Å². The third kappa shape index (κ3) is 16.2. The lowest BCUT2D eigenvalue weighted by Crippen LogP contribution is -2.48. The summed E-state index contributed by atoms with van der Waals surface area (Å²) in [7, 11) is 4.68. The number of piperazine rings is 1. The number of carbonyl (C=O) groups excluding carboxylic acids is 1. The number of hydrogen-bond acceptors (Lipinski definition) is 15. The molecule has 7 aromatic carbocycles. The van der Waals surface area contributed by atoms with Crippen molar-refractivity contribution in [2.75, 3.05) is 74.3 Å². The molecule has 0 N–H and O–H groups in total. The summed E-state index contributed by atoms with van der Waals surface area (Å²) in [5, 5.41) is 0.496. The molecule has 0 saturated carbocycles. The van der Waals surface area contributed by atoms with E-state index in [4.69, 9.17) is 75.5 Å². The number of aromatic nitrogens is 4. The molecule has 0 bridgehead atoms. The molecule has 510 valence electrons. The first kappa shape index (κ1) is 70.3. The van der Waals surface area contributed by atoms with E-state index in [-0.39, 0.29) is 42.3 Å². The van der Waals surface area contributed by atoms with Crippen molar-refractivity contribution < 1.29 is 51.5 Å². The van der Waals surface area contributed by atoms with Crippen LogP contribution in [0, 0.1) is 12.7 Å². The third-order valence-corrected chi connectivity index (χ3v) is 23.4. The Morgan fingerprint density at radius 3 is 2.03 bits per heavy atom. The number of hydrogen-bond donors (Lipinski definition) is 0. The summed E-state index contributed by atoms with van der Waals surface area (Å²) in [5.41, 5.74) is 10.5. The van der Waals surface area contributed by atoms with Gasteiger partial charge in [0.1, 0.15) is 63.7 Å². The number of likely N-dealkylation sites (N-methyl/N-ethyl adjacent to an activating group) is 1. The third-order valence-electron chi connectivity index (χ3n) is 18.2. The Morgan fingerprint density at radius 1 is 0.663 bits per heavy atom. The molecule has 98 heavy (non-hydrogen) atoms. The van der Waals surface area contributed by atoms with Crippen molar-refractivity contribution in [2.24, 2.45) is 0 Å². The SMILES string of the molecule is CCOC(=O)C(Cc1cc(O[Si](C)(C)C(C)(C)C)ccc1OCc1ccnc(-c2ccccc2OC)n1)Oc1nccn2c(Cl)c(-c3ccc(F)cc3)c(-c3ccc(O[C@@H](COCc4ccc(-c5ccc(OC)cc5)cc4-c4ccc(OC)cc4)CN4CCN(C)CC4)c(Cl)c3C)c12. The van der Waals surface area contributed by atoms with Crippen LogP contribution < -0.4 is 32.8 Å². The van der Waals surface area contributed by atoms with E-state index >= 15 is 0 Å². The zero-order valence-electron chi connectivity index (χ0n) is 57.3. The topological polar surface area (TPSA) is 150 Å². The second kappa shape index (κ2) is 31.2. The zero-order chi connectivity index (χ0) is 69.3. The van der Waals surface area contributed by atoms with E-state index in [0.717, 1.165) is 71.1 Å². The van der Waals surface area contributed by atoms with Gasteiger partial charge in [-0.3, -0.25) is 4.90 Å². The van der Waals surface area contributed by atoms with Crippen molar-refractivity contribution in [3.8, 4) is 96.3 Å². The van der Waals surface area contributed by atoms with Crippen LogP contribution in [0.5, 0.6) is 40.4 Å². The minimum atomic E-state index is -2.39. The Balaban J connectivity index is 0.938. The van der Waals surface area contributed by atoms with Crippen molar-refractivity contribution in [3.63, 3.8) is 0 Å². The molecule has 0 amide bonds. The van der Waals surface area contributed by atoms with Gasteiger partial charge in [0.15, 0.2) is 5.82 Å². The monoisotopic (exact) mass is 1380 g/mol. The first-order valence-electron chi connectivity index (χ1n) is 32.8. The van der Waals surface area contributed by atoms with Gasteiger partial charge < -0.3 is 51.6 Å². The lowest BCUT2D eigenvalue weighted by molar-refractivity contribution is -0.151. The number of ether oxygens (including phenoxy) is 8. The molecule has 16 nitrogen and oxygen atoms in total. The largest absolute Gasteiger partial charge is 0.543 e. The van der Waals surface area contributed by atoms with Gasteiger partial charge in [0.25, 0.3) is 0 Å². The number of carbonyl (C=O) groups is 1. The zero-order valence-corrected chi connectivity index (χ0v) is 59.8. The van der Waals surface area contributed by atoms with Gasteiger partial charge in [-0.1, -0.05) is 111 Å². The van der Waals surface area contributed by atoms with Crippen molar-refractivity contribution >= 4 is 43.0 Å². The van der Waals surface area contributed by atoms with Crippen LogP contribution in [-0.4, -0.2) is 130 Å². The number of halogens is 3. The molecular weight excluding hydrogens is 1300 g/mol. The summed E-state index contributed by atoms with van der Waals surface area (Å²) >= 11 is 15.2. The quantitative estimate of drug-likeness (QED) is 0.0355. The highest BCUT2D eigenvalue weighted by atomic mass is 35.5. The van der Waals surface area contributed by atoms with E-state index in [1.54, 1.807) is 69.4 Å². The van der Waals surface area contributed by atoms with Gasteiger partial charge in [-0.15, -0.1) is 0 Å². The van der Waals surface area contributed by atoms with Crippen LogP contribution in [0.25, 0.3) is 61.4 Å². The van der Waals surface area contributed by atoms with Crippen molar-refractivity contribution in [1.29, 1.82) is 0 Å². The van der Waals surface area contributed by atoms with Gasteiger partial charge in [-0.05, 0) is 168 Å². The number of benzene rings is 7. The number of fused-ring (bicyclic) bond motifs is 1. The Hall–Kier alpha value is -9.01. The number of nitrogens with zero attached hydrogens (tertiary/aromatic N) is 6. The maximum Gasteiger partial charge on any atom is 0.347 e. The summed E-state index contributed by atoms with van der Waals surface area (Å²) in [4.78, 5) is 33.6. The van der Waals surface area contributed by atoms with Gasteiger partial charge in [-0.2, -0.15) is 0 Å². The Labute approximate surface area is 584 Å². The van der Waals surface area contributed by atoms with E-state index in [1.165, 1.54) is 12.1 Å². The van der Waals surface area contributed by atoms with Crippen molar-refractivity contribution in [2.45, 2.75) is 84.6 Å². The van der Waals surface area contributed by atoms with E-state index < -0.39 is 32.3 Å². The molecule has 0 aliphatic carbocycles. The Morgan fingerprint density at radius 2 is 1.34 bits per heavy atom. The highest BCUT2D eigenvalue weighted by Gasteiger charge is 2.39. The molecule has 1 fully saturated rings. The smallest absolute Gasteiger partial charge is 0.347 e. The average molecular weight is 1380 g/mol. The first-order chi connectivity index (χ1) is 47.2. The van der Waals surface area contributed by atoms with E-state index in [0.29, 0.717) is 91.6 Å². The minimum Gasteiger partial charge on any atom is -0.543 e. The number of esters is 1. The second-order valence-corrected chi connectivity index (χ2v) is 31.3. The Kier molecular flexibility index (Phi) is 22.4. The van der Waals surface area contributed by atoms with Crippen molar-refractivity contribution in [1.82, 2.24) is 29.2 Å². The van der Waals surface area contributed by atoms with Crippen LogP contribution in [0.2, 0.25) is 28.3 Å². The fraction of sp³-hybridized carbons (Fsp3) is 0.308.